The molecule has 1 saturated heterocycles. The van der Waals surface area contributed by atoms with Crippen LogP contribution in [0, 0.1) is 5.82 Å². The van der Waals surface area contributed by atoms with Crippen LogP contribution in [0.15, 0.2) is 36.5 Å². The molecule has 1 aliphatic rings. The van der Waals surface area contributed by atoms with E-state index < -0.39 is 0 Å². The average Bonchev–Trinajstić information content (AvgIpc) is 2.99. The Morgan fingerprint density at radius 3 is 2.68 bits per heavy atom. The standard InChI is InChI=1S/C17H22FN3O/c18-16-4-2-1-3-15(16)13-20-9-6-14(7-10-20)17-5-8-19-21(17)11-12-22/h1-5,8,14,22H,6-7,9-13H2. The van der Waals surface area contributed by atoms with Gasteiger partial charge in [0.1, 0.15) is 5.82 Å². The minimum Gasteiger partial charge on any atom is -0.394 e. The predicted octanol–water partition coefficient (Wildman–Crippen LogP) is 2.39. The summed E-state index contributed by atoms with van der Waals surface area (Å²) in [5.74, 6) is 0.358. The molecule has 118 valence electrons. The van der Waals surface area contributed by atoms with Gasteiger partial charge in [0.15, 0.2) is 0 Å². The summed E-state index contributed by atoms with van der Waals surface area (Å²) in [6.45, 7) is 3.26. The van der Waals surface area contributed by atoms with Crippen LogP contribution >= 0.6 is 0 Å². The number of rotatable bonds is 5. The smallest absolute Gasteiger partial charge is 0.127 e. The fourth-order valence-corrected chi connectivity index (χ4v) is 3.23. The van der Waals surface area contributed by atoms with Crippen LogP contribution in [0.25, 0.3) is 0 Å². The molecule has 0 unspecified atom stereocenters. The molecule has 0 saturated carbocycles. The molecule has 5 heteroatoms. The van der Waals surface area contributed by atoms with Crippen molar-refractivity contribution in [3.63, 3.8) is 0 Å². The van der Waals surface area contributed by atoms with Crippen LogP contribution in [0.1, 0.15) is 30.0 Å². The lowest BCUT2D eigenvalue weighted by Crippen LogP contribution is -2.33. The van der Waals surface area contributed by atoms with E-state index in [4.69, 9.17) is 5.11 Å². The molecule has 0 radical (unpaired) electrons. The maximum absolute atomic E-state index is 13.7. The molecule has 3 rings (SSSR count). The highest BCUT2D eigenvalue weighted by Crippen LogP contribution is 2.28. The summed E-state index contributed by atoms with van der Waals surface area (Å²) < 4.78 is 15.6. The van der Waals surface area contributed by atoms with Gasteiger partial charge in [-0.15, -0.1) is 0 Å². The van der Waals surface area contributed by atoms with Crippen LogP contribution < -0.4 is 0 Å². The highest BCUT2D eigenvalue weighted by Gasteiger charge is 2.23. The van der Waals surface area contributed by atoms with E-state index >= 15 is 0 Å². The fraction of sp³-hybridized carbons (Fsp3) is 0.471. The lowest BCUT2D eigenvalue weighted by molar-refractivity contribution is 0.197. The van der Waals surface area contributed by atoms with Crippen molar-refractivity contribution in [2.45, 2.75) is 31.8 Å². The van der Waals surface area contributed by atoms with Crippen LogP contribution in [0.4, 0.5) is 4.39 Å². The summed E-state index contributed by atoms with van der Waals surface area (Å²) in [5.41, 5.74) is 1.98. The van der Waals surface area contributed by atoms with Gasteiger partial charge in [-0.05, 0) is 38.1 Å². The Morgan fingerprint density at radius 1 is 1.18 bits per heavy atom. The largest absolute Gasteiger partial charge is 0.394 e. The summed E-state index contributed by atoms with van der Waals surface area (Å²) >= 11 is 0. The second kappa shape index (κ2) is 7.03. The van der Waals surface area contributed by atoms with Crippen LogP contribution in [-0.4, -0.2) is 39.5 Å². The van der Waals surface area contributed by atoms with E-state index in [1.54, 1.807) is 12.3 Å². The van der Waals surface area contributed by atoms with Gasteiger partial charge in [0.25, 0.3) is 0 Å². The van der Waals surface area contributed by atoms with Crippen molar-refractivity contribution in [2.24, 2.45) is 0 Å². The monoisotopic (exact) mass is 303 g/mol. The Morgan fingerprint density at radius 2 is 1.95 bits per heavy atom. The van der Waals surface area contributed by atoms with E-state index in [1.165, 1.54) is 11.8 Å². The van der Waals surface area contributed by atoms with E-state index in [-0.39, 0.29) is 12.4 Å². The third kappa shape index (κ3) is 3.36. The molecule has 1 aromatic heterocycles. The van der Waals surface area contributed by atoms with Gasteiger partial charge in [-0.1, -0.05) is 18.2 Å². The molecular formula is C17H22FN3O. The zero-order valence-corrected chi connectivity index (χ0v) is 12.7. The van der Waals surface area contributed by atoms with Crippen LogP contribution in [-0.2, 0) is 13.1 Å². The number of hydrogen-bond donors (Lipinski definition) is 1. The molecule has 0 aliphatic carbocycles. The zero-order valence-electron chi connectivity index (χ0n) is 12.7. The second-order valence-corrected chi connectivity index (χ2v) is 5.84. The number of piperidine rings is 1. The van der Waals surface area contributed by atoms with Crippen LogP contribution in [0.5, 0.6) is 0 Å². The van der Waals surface area contributed by atoms with Crippen LogP contribution in [0.2, 0.25) is 0 Å². The SMILES string of the molecule is OCCn1nccc1C1CCN(Cc2ccccc2F)CC1. The number of aliphatic hydroxyl groups is 1. The summed E-state index contributed by atoms with van der Waals surface area (Å²) in [6.07, 6.45) is 3.90. The summed E-state index contributed by atoms with van der Waals surface area (Å²) in [5, 5.41) is 13.4. The van der Waals surface area contributed by atoms with E-state index in [0.717, 1.165) is 31.5 Å². The number of hydrogen-bond acceptors (Lipinski definition) is 3. The van der Waals surface area contributed by atoms with Gasteiger partial charge < -0.3 is 5.11 Å². The third-order valence-corrected chi connectivity index (χ3v) is 4.42. The van der Waals surface area contributed by atoms with E-state index in [1.807, 2.05) is 22.9 Å². The van der Waals surface area contributed by atoms with Gasteiger partial charge in [-0.25, -0.2) is 4.39 Å². The van der Waals surface area contributed by atoms with Crippen LogP contribution in [0.3, 0.4) is 0 Å². The van der Waals surface area contributed by atoms with Crippen molar-refractivity contribution >= 4 is 0 Å². The Labute approximate surface area is 130 Å². The number of aliphatic hydroxyl groups excluding tert-OH is 1. The molecule has 0 spiro atoms. The van der Waals surface area contributed by atoms with Gasteiger partial charge in [0.2, 0.25) is 0 Å². The quantitative estimate of drug-likeness (QED) is 0.922. The van der Waals surface area contributed by atoms with Gasteiger partial charge >= 0.3 is 0 Å². The lowest BCUT2D eigenvalue weighted by atomic mass is 9.93. The molecule has 1 N–H and O–H groups in total. The first kappa shape index (κ1) is 15.2. The molecule has 4 nitrogen and oxygen atoms in total. The average molecular weight is 303 g/mol. The highest BCUT2D eigenvalue weighted by molar-refractivity contribution is 5.17. The molecule has 0 atom stereocenters. The first-order valence-electron chi connectivity index (χ1n) is 7.86. The molecular weight excluding hydrogens is 281 g/mol. The Balaban J connectivity index is 1.58. The van der Waals surface area contributed by atoms with Crippen molar-refractivity contribution in [3.8, 4) is 0 Å². The van der Waals surface area contributed by atoms with Crippen molar-refractivity contribution in [1.82, 2.24) is 14.7 Å². The molecule has 0 amide bonds. The summed E-state index contributed by atoms with van der Waals surface area (Å²) in [4.78, 5) is 2.31. The molecule has 1 fully saturated rings. The predicted molar refractivity (Wildman–Crippen MR) is 83.0 cm³/mol. The molecule has 2 heterocycles. The van der Waals surface area contributed by atoms with Crippen molar-refractivity contribution in [3.05, 3.63) is 53.6 Å². The van der Waals surface area contributed by atoms with Crippen molar-refractivity contribution < 1.29 is 9.50 Å². The number of aromatic nitrogens is 2. The Bertz CT molecular complexity index is 605. The van der Waals surface area contributed by atoms with Gasteiger partial charge in [-0.2, -0.15) is 5.10 Å². The maximum Gasteiger partial charge on any atom is 0.127 e. The summed E-state index contributed by atoms with van der Waals surface area (Å²) in [6, 6.07) is 9.05. The highest BCUT2D eigenvalue weighted by atomic mass is 19.1. The molecule has 2 aromatic rings. The van der Waals surface area contributed by atoms with E-state index in [0.29, 0.717) is 19.0 Å². The second-order valence-electron chi connectivity index (χ2n) is 5.84. The molecule has 22 heavy (non-hydrogen) atoms. The third-order valence-electron chi connectivity index (χ3n) is 4.42. The van der Waals surface area contributed by atoms with Gasteiger partial charge in [-0.3, -0.25) is 9.58 Å². The fourth-order valence-electron chi connectivity index (χ4n) is 3.23. The minimum absolute atomic E-state index is 0.112. The minimum atomic E-state index is -0.120. The topological polar surface area (TPSA) is 41.3 Å². The van der Waals surface area contributed by atoms with Crippen molar-refractivity contribution in [1.29, 1.82) is 0 Å². The molecule has 1 aromatic carbocycles. The normalized spacial score (nSPS) is 17.0. The van der Waals surface area contributed by atoms with Gasteiger partial charge in [0, 0.05) is 29.9 Å². The van der Waals surface area contributed by atoms with Gasteiger partial charge in [0.05, 0.1) is 13.2 Å². The molecule has 0 bridgehead atoms. The number of nitrogens with zero attached hydrogens (tertiary/aromatic N) is 3. The number of benzene rings is 1. The first-order chi connectivity index (χ1) is 10.8. The number of halogens is 1. The Kier molecular flexibility index (Phi) is 4.85. The number of likely N-dealkylation sites (tertiary alicyclic amines) is 1. The maximum atomic E-state index is 13.7. The zero-order chi connectivity index (χ0) is 15.4. The summed E-state index contributed by atoms with van der Waals surface area (Å²) in [7, 11) is 0. The molecule has 1 aliphatic heterocycles. The van der Waals surface area contributed by atoms with E-state index in [2.05, 4.69) is 10.00 Å². The Hall–Kier alpha value is -1.72. The van der Waals surface area contributed by atoms with E-state index in [9.17, 15) is 4.39 Å². The van der Waals surface area contributed by atoms with Crippen molar-refractivity contribution in [2.75, 3.05) is 19.7 Å². The first-order valence-corrected chi connectivity index (χ1v) is 7.86. The lowest BCUT2D eigenvalue weighted by Gasteiger charge is -2.32.